The molecule has 0 N–H and O–H groups in total. The first-order valence-corrected chi connectivity index (χ1v) is 14.4. The van der Waals surface area contributed by atoms with Gasteiger partial charge in [-0.3, -0.25) is 4.79 Å². The fraction of sp³-hybridized carbons (Fsp3) is 0.256. The number of anilines is 1. The molecule has 1 aliphatic carbocycles. The minimum atomic E-state index is -0.320. The van der Waals surface area contributed by atoms with Crippen LogP contribution in [0.3, 0.4) is 0 Å². The Morgan fingerprint density at radius 1 is 0.643 bits per heavy atom. The van der Waals surface area contributed by atoms with Crippen molar-refractivity contribution in [3.63, 3.8) is 0 Å². The van der Waals surface area contributed by atoms with Crippen LogP contribution in [0.15, 0.2) is 97.1 Å². The van der Waals surface area contributed by atoms with E-state index < -0.39 is 0 Å². The zero-order valence-electron chi connectivity index (χ0n) is 25.3. The molecule has 3 nitrogen and oxygen atoms in total. The molecular weight excluding hydrogens is 514 g/mol. The van der Waals surface area contributed by atoms with Crippen LogP contribution in [0.2, 0.25) is 0 Å². The standard InChI is InChI=1S/C20H20O.C19H17NO/c1-20(2,3)21-19-14-17-10-5-4-8-15(17)12-13-16-9-6-7-11-18(16)19;1-19(2,3)20-17-11-7-5-9-15(17)13-12-14-8-4-6-10-16(14)18(20)21/h4-11,19H,14H2,1-3H3;4-11H,1-3H3. The molecule has 1 aliphatic heterocycles. The summed E-state index contributed by atoms with van der Waals surface area (Å²) in [5.74, 6) is 12.9. The summed E-state index contributed by atoms with van der Waals surface area (Å²) in [6.07, 6.45) is 0.899. The summed E-state index contributed by atoms with van der Waals surface area (Å²) in [6, 6.07) is 32.0. The maximum Gasteiger partial charge on any atom is 0.260 e. The van der Waals surface area contributed by atoms with E-state index in [1.54, 1.807) is 0 Å². The topological polar surface area (TPSA) is 29.5 Å². The van der Waals surface area contributed by atoms with Crippen molar-refractivity contribution in [2.45, 2.75) is 65.2 Å². The van der Waals surface area contributed by atoms with E-state index in [0.717, 1.165) is 34.4 Å². The van der Waals surface area contributed by atoms with Gasteiger partial charge in [0, 0.05) is 34.2 Å². The lowest BCUT2D eigenvalue weighted by Gasteiger charge is -2.37. The number of nitrogens with zero attached hydrogens (tertiary/aromatic N) is 1. The molecule has 3 heteroatoms. The maximum atomic E-state index is 13.1. The first-order valence-electron chi connectivity index (χ1n) is 14.4. The van der Waals surface area contributed by atoms with Crippen LogP contribution in [-0.2, 0) is 11.2 Å². The molecule has 1 heterocycles. The average Bonchev–Trinajstić information content (AvgIpc) is 2.93. The molecule has 0 radical (unpaired) electrons. The Labute approximate surface area is 250 Å². The van der Waals surface area contributed by atoms with Crippen molar-refractivity contribution in [3.8, 4) is 23.7 Å². The molecule has 4 aromatic carbocycles. The Morgan fingerprint density at radius 3 is 1.88 bits per heavy atom. The second kappa shape index (κ2) is 11.7. The second-order valence-corrected chi connectivity index (χ2v) is 12.5. The predicted molar refractivity (Wildman–Crippen MR) is 172 cm³/mol. The van der Waals surface area contributed by atoms with Gasteiger partial charge in [-0.25, -0.2) is 0 Å². The lowest BCUT2D eigenvalue weighted by atomic mass is 9.92. The van der Waals surface area contributed by atoms with Crippen LogP contribution in [0.1, 0.15) is 91.4 Å². The van der Waals surface area contributed by atoms with Gasteiger partial charge in [-0.1, -0.05) is 84.3 Å². The van der Waals surface area contributed by atoms with Gasteiger partial charge in [0.1, 0.15) is 0 Å². The largest absolute Gasteiger partial charge is 0.368 e. The van der Waals surface area contributed by atoms with Crippen molar-refractivity contribution in [1.82, 2.24) is 0 Å². The first kappa shape index (κ1) is 28.9. The van der Waals surface area contributed by atoms with Crippen molar-refractivity contribution in [2.24, 2.45) is 0 Å². The molecule has 0 aromatic heterocycles. The number of rotatable bonds is 1. The zero-order valence-corrected chi connectivity index (χ0v) is 25.3. The Morgan fingerprint density at radius 2 is 1.17 bits per heavy atom. The highest BCUT2D eigenvalue weighted by molar-refractivity contribution is 6.09. The third-order valence-corrected chi connectivity index (χ3v) is 7.07. The Balaban J connectivity index is 0.000000168. The number of benzene rings is 4. The number of hydrogen-bond acceptors (Lipinski definition) is 2. The summed E-state index contributed by atoms with van der Waals surface area (Å²) in [4.78, 5) is 14.9. The van der Waals surface area contributed by atoms with E-state index in [1.165, 1.54) is 11.1 Å². The molecule has 6 rings (SSSR count). The van der Waals surface area contributed by atoms with Gasteiger partial charge in [-0.05, 0) is 89.1 Å². The van der Waals surface area contributed by atoms with Gasteiger partial charge < -0.3 is 9.64 Å². The molecule has 2 aliphatic rings. The zero-order chi connectivity index (χ0) is 29.9. The summed E-state index contributed by atoms with van der Waals surface area (Å²) in [6.45, 7) is 12.4. The summed E-state index contributed by atoms with van der Waals surface area (Å²) in [5, 5.41) is 0. The van der Waals surface area contributed by atoms with Gasteiger partial charge in [-0.2, -0.15) is 0 Å². The number of hydrogen-bond donors (Lipinski definition) is 0. The van der Waals surface area contributed by atoms with Gasteiger partial charge in [0.25, 0.3) is 5.91 Å². The smallest absolute Gasteiger partial charge is 0.260 e. The maximum absolute atomic E-state index is 13.1. The van der Waals surface area contributed by atoms with Gasteiger partial charge in [-0.15, -0.1) is 0 Å². The van der Waals surface area contributed by atoms with Gasteiger partial charge in [0.2, 0.25) is 0 Å². The summed E-state index contributed by atoms with van der Waals surface area (Å²) in [7, 11) is 0. The fourth-order valence-corrected chi connectivity index (χ4v) is 5.27. The van der Waals surface area contributed by atoms with Gasteiger partial charge in [0.15, 0.2) is 0 Å². The molecule has 0 fully saturated rings. The lowest BCUT2D eigenvalue weighted by molar-refractivity contribution is -0.0615. The third-order valence-electron chi connectivity index (χ3n) is 7.07. The van der Waals surface area contributed by atoms with Crippen LogP contribution in [0.5, 0.6) is 0 Å². The summed E-state index contributed by atoms with van der Waals surface area (Å²) in [5.41, 5.74) is 7.32. The van der Waals surface area contributed by atoms with E-state index >= 15 is 0 Å². The van der Waals surface area contributed by atoms with E-state index in [1.807, 2.05) is 86.3 Å². The molecule has 4 aromatic rings. The van der Waals surface area contributed by atoms with Crippen molar-refractivity contribution in [3.05, 3.63) is 136 Å². The normalized spacial score (nSPS) is 15.1. The minimum Gasteiger partial charge on any atom is -0.368 e. The lowest BCUT2D eigenvalue weighted by Crippen LogP contribution is -2.46. The number of para-hydroxylation sites is 1. The predicted octanol–water partition coefficient (Wildman–Crippen LogP) is 8.34. The molecule has 0 saturated carbocycles. The van der Waals surface area contributed by atoms with Crippen LogP contribution in [0.25, 0.3) is 0 Å². The number of fused-ring (bicyclic) bond motifs is 4. The molecule has 0 bridgehead atoms. The highest BCUT2D eigenvalue weighted by Crippen LogP contribution is 2.33. The minimum absolute atomic E-state index is 0.000417. The van der Waals surface area contributed by atoms with E-state index in [-0.39, 0.29) is 23.2 Å². The molecular formula is C39H37NO2. The number of ether oxygens (including phenoxy) is 1. The first-order chi connectivity index (χ1) is 20.0. The van der Waals surface area contributed by atoms with E-state index in [9.17, 15) is 4.79 Å². The van der Waals surface area contributed by atoms with Gasteiger partial charge in [0.05, 0.1) is 23.0 Å². The van der Waals surface area contributed by atoms with E-state index in [4.69, 9.17) is 4.74 Å². The molecule has 0 saturated heterocycles. The van der Waals surface area contributed by atoms with E-state index in [2.05, 4.69) is 80.9 Å². The Hall–Kier alpha value is -4.57. The van der Waals surface area contributed by atoms with Crippen molar-refractivity contribution < 1.29 is 9.53 Å². The van der Waals surface area contributed by atoms with Gasteiger partial charge >= 0.3 is 0 Å². The monoisotopic (exact) mass is 551 g/mol. The molecule has 1 amide bonds. The molecule has 1 unspecified atom stereocenters. The van der Waals surface area contributed by atoms with Crippen molar-refractivity contribution >= 4 is 11.6 Å². The highest BCUT2D eigenvalue weighted by atomic mass is 16.5. The molecule has 42 heavy (non-hydrogen) atoms. The number of carbonyl (C=O) groups is 1. The summed E-state index contributed by atoms with van der Waals surface area (Å²) >= 11 is 0. The fourth-order valence-electron chi connectivity index (χ4n) is 5.27. The summed E-state index contributed by atoms with van der Waals surface area (Å²) < 4.78 is 6.33. The second-order valence-electron chi connectivity index (χ2n) is 12.5. The number of amides is 1. The van der Waals surface area contributed by atoms with Crippen LogP contribution in [-0.4, -0.2) is 17.0 Å². The highest BCUT2D eigenvalue weighted by Gasteiger charge is 2.32. The Kier molecular flexibility index (Phi) is 8.08. The van der Waals surface area contributed by atoms with Crippen LogP contribution in [0.4, 0.5) is 5.69 Å². The quantitative estimate of drug-likeness (QED) is 0.223. The molecule has 0 spiro atoms. The van der Waals surface area contributed by atoms with Crippen molar-refractivity contribution in [2.75, 3.05) is 4.90 Å². The number of carbonyl (C=O) groups excluding carboxylic acids is 1. The van der Waals surface area contributed by atoms with Crippen molar-refractivity contribution in [1.29, 1.82) is 0 Å². The molecule has 1 atom stereocenters. The SMILES string of the molecule is CC(C)(C)N1C(=O)c2ccccc2C#Cc2ccccc21.CC(C)(C)OC1Cc2ccccc2C#Cc2ccccc21. The third kappa shape index (κ3) is 6.49. The van der Waals surface area contributed by atoms with Crippen LogP contribution < -0.4 is 4.90 Å². The molecule has 210 valence electrons. The van der Waals surface area contributed by atoms with E-state index in [0.29, 0.717) is 5.56 Å². The Bertz CT molecular complexity index is 1750. The van der Waals surface area contributed by atoms with Crippen LogP contribution >= 0.6 is 0 Å². The average molecular weight is 552 g/mol. The van der Waals surface area contributed by atoms with Crippen LogP contribution in [0, 0.1) is 23.7 Å².